The smallest absolute Gasteiger partial charge is 0.309 e. The number of ketones is 1. The zero-order chi connectivity index (χ0) is 25.1. The van der Waals surface area contributed by atoms with E-state index in [1.54, 1.807) is 6.92 Å². The topological polar surface area (TPSA) is 95.0 Å². The Morgan fingerprint density at radius 3 is 2.41 bits per heavy atom. The highest BCUT2D eigenvalue weighted by atomic mass is 16.5. The molecule has 0 aliphatic carbocycles. The van der Waals surface area contributed by atoms with Crippen molar-refractivity contribution in [1.29, 1.82) is 0 Å². The van der Waals surface area contributed by atoms with E-state index in [-0.39, 0.29) is 29.5 Å². The van der Waals surface area contributed by atoms with E-state index in [4.69, 9.17) is 14.2 Å². The first-order valence-electron chi connectivity index (χ1n) is 11.8. The van der Waals surface area contributed by atoms with Crippen LogP contribution in [0.5, 0.6) is 11.5 Å². The third-order valence-electron chi connectivity index (χ3n) is 5.74. The molecule has 34 heavy (non-hydrogen) atoms. The molecule has 0 amide bonds. The van der Waals surface area contributed by atoms with Crippen LogP contribution in [0.2, 0.25) is 0 Å². The molecule has 0 saturated carbocycles. The van der Waals surface area contributed by atoms with Crippen LogP contribution in [0.4, 0.5) is 0 Å². The summed E-state index contributed by atoms with van der Waals surface area (Å²) >= 11 is 0. The number of hydrogen-bond acceptors (Lipinski definition) is 7. The third-order valence-corrected chi connectivity index (χ3v) is 5.74. The highest BCUT2D eigenvalue weighted by Crippen LogP contribution is 2.29. The van der Waals surface area contributed by atoms with E-state index >= 15 is 0 Å². The van der Waals surface area contributed by atoms with Crippen LogP contribution in [0.3, 0.4) is 0 Å². The lowest BCUT2D eigenvalue weighted by Gasteiger charge is -2.25. The highest BCUT2D eigenvalue weighted by Gasteiger charge is 2.27. The van der Waals surface area contributed by atoms with Crippen molar-refractivity contribution in [3.05, 3.63) is 53.9 Å². The van der Waals surface area contributed by atoms with E-state index in [1.165, 1.54) is 19.4 Å². The molecule has 1 N–H and O–H groups in total. The van der Waals surface area contributed by atoms with E-state index in [2.05, 4.69) is 18.8 Å². The van der Waals surface area contributed by atoms with Crippen molar-refractivity contribution in [1.82, 2.24) is 4.98 Å². The third kappa shape index (κ3) is 8.45. The van der Waals surface area contributed by atoms with Crippen LogP contribution < -0.4 is 4.74 Å². The average molecular weight is 472 g/mol. The van der Waals surface area contributed by atoms with Crippen molar-refractivity contribution in [2.45, 2.75) is 53.1 Å². The summed E-state index contributed by atoms with van der Waals surface area (Å²) in [6.45, 7) is 8.94. The summed E-state index contributed by atoms with van der Waals surface area (Å²) in [7, 11) is 1.39. The molecule has 1 heterocycles. The lowest BCUT2D eigenvalue weighted by Crippen LogP contribution is -2.32. The van der Waals surface area contributed by atoms with E-state index in [0.29, 0.717) is 25.6 Å². The van der Waals surface area contributed by atoms with Crippen LogP contribution in [-0.4, -0.2) is 48.3 Å². The molecule has 1 aromatic heterocycles. The van der Waals surface area contributed by atoms with Crippen molar-refractivity contribution in [3.63, 3.8) is 0 Å². The highest BCUT2D eigenvalue weighted by molar-refractivity contribution is 5.99. The van der Waals surface area contributed by atoms with Gasteiger partial charge in [-0.3, -0.25) is 9.59 Å². The van der Waals surface area contributed by atoms with Crippen LogP contribution >= 0.6 is 0 Å². The largest absolute Gasteiger partial charge is 0.503 e. The van der Waals surface area contributed by atoms with Crippen molar-refractivity contribution < 1.29 is 28.9 Å². The minimum Gasteiger partial charge on any atom is -0.503 e. The molecule has 0 saturated heterocycles. The van der Waals surface area contributed by atoms with E-state index in [0.717, 1.165) is 12.0 Å². The fourth-order valence-electron chi connectivity index (χ4n) is 3.49. The maximum absolute atomic E-state index is 12.8. The van der Waals surface area contributed by atoms with Gasteiger partial charge in [0.15, 0.2) is 23.0 Å². The summed E-state index contributed by atoms with van der Waals surface area (Å²) < 4.78 is 16.7. The van der Waals surface area contributed by atoms with Crippen LogP contribution in [0.1, 0.15) is 56.6 Å². The lowest BCUT2D eigenvalue weighted by atomic mass is 9.95. The molecular formula is C27H37NO6. The number of esters is 1. The fourth-order valence-corrected chi connectivity index (χ4v) is 3.49. The van der Waals surface area contributed by atoms with Gasteiger partial charge in [0.2, 0.25) is 0 Å². The Kier molecular flexibility index (Phi) is 11.0. The zero-order valence-corrected chi connectivity index (χ0v) is 20.8. The van der Waals surface area contributed by atoms with E-state index in [9.17, 15) is 14.7 Å². The first-order chi connectivity index (χ1) is 16.2. The SMILES string of the molecule is COc1ccnc(C(=O)C[C@@H](C)C(=O)O[C@@H](C)[C@@H](COCCC(C)C)Cc2ccccc2)c1O. The van der Waals surface area contributed by atoms with Crippen molar-refractivity contribution >= 4 is 11.8 Å². The average Bonchev–Trinajstić information content (AvgIpc) is 2.81. The summed E-state index contributed by atoms with van der Waals surface area (Å²) in [5, 5.41) is 10.2. The number of rotatable bonds is 14. The Hall–Kier alpha value is -2.93. The standard InChI is InChI=1S/C27H37NO6/c1-18(2)12-14-33-17-22(16-21-9-7-6-8-10-21)20(4)34-27(31)19(3)15-23(29)25-26(30)24(32-5)11-13-28-25/h6-11,13,18-20,22,30H,12,14-17H2,1-5H3/t19-,20+,22-/m1/s1. The number of nitrogens with zero attached hydrogens (tertiary/aromatic N) is 1. The van der Waals surface area contributed by atoms with Gasteiger partial charge in [-0.05, 0) is 31.2 Å². The summed E-state index contributed by atoms with van der Waals surface area (Å²) in [6.07, 6.45) is 2.54. The van der Waals surface area contributed by atoms with Gasteiger partial charge in [-0.2, -0.15) is 0 Å². The number of carbonyl (C=O) groups excluding carboxylic acids is 2. The number of benzene rings is 1. The Bertz CT molecular complexity index is 915. The summed E-state index contributed by atoms with van der Waals surface area (Å²) in [4.78, 5) is 29.4. The molecule has 0 aliphatic heterocycles. The first kappa shape index (κ1) is 27.3. The number of pyridine rings is 1. The fraction of sp³-hybridized carbons (Fsp3) is 0.519. The molecule has 0 unspecified atom stereocenters. The predicted octanol–water partition coefficient (Wildman–Crippen LogP) is 4.86. The molecule has 7 heteroatoms. The Morgan fingerprint density at radius 1 is 1.06 bits per heavy atom. The Labute approximate surface area is 202 Å². The van der Waals surface area contributed by atoms with Crippen molar-refractivity contribution in [2.75, 3.05) is 20.3 Å². The molecule has 2 rings (SSSR count). The van der Waals surface area contributed by atoms with Crippen LogP contribution in [0.15, 0.2) is 42.6 Å². The summed E-state index contributed by atoms with van der Waals surface area (Å²) in [5.74, 6) is -1.25. The summed E-state index contributed by atoms with van der Waals surface area (Å²) in [5.41, 5.74) is 1.03. The van der Waals surface area contributed by atoms with Crippen LogP contribution in [0, 0.1) is 17.8 Å². The number of ether oxygens (including phenoxy) is 3. The first-order valence-corrected chi connectivity index (χ1v) is 11.8. The second-order valence-corrected chi connectivity index (χ2v) is 9.09. The van der Waals surface area contributed by atoms with Gasteiger partial charge in [0.1, 0.15) is 6.10 Å². The minimum absolute atomic E-state index is 0.0227. The molecule has 0 bridgehead atoms. The molecule has 0 aliphatic rings. The second-order valence-electron chi connectivity index (χ2n) is 9.09. The molecular weight excluding hydrogens is 434 g/mol. The number of aromatic hydroxyl groups is 1. The van der Waals surface area contributed by atoms with Gasteiger partial charge in [-0.25, -0.2) is 4.98 Å². The molecule has 7 nitrogen and oxygen atoms in total. The number of carbonyl (C=O) groups is 2. The van der Waals surface area contributed by atoms with Crippen molar-refractivity contribution in [3.8, 4) is 11.5 Å². The van der Waals surface area contributed by atoms with Gasteiger partial charge in [-0.1, -0.05) is 51.1 Å². The van der Waals surface area contributed by atoms with Crippen molar-refractivity contribution in [2.24, 2.45) is 17.8 Å². The number of methoxy groups -OCH3 is 1. The minimum atomic E-state index is -0.693. The Morgan fingerprint density at radius 2 is 1.76 bits per heavy atom. The Balaban J connectivity index is 1.99. The van der Waals surface area contributed by atoms with Gasteiger partial charge in [-0.15, -0.1) is 0 Å². The zero-order valence-electron chi connectivity index (χ0n) is 20.8. The van der Waals surface area contributed by atoms with Gasteiger partial charge < -0.3 is 19.3 Å². The molecule has 1 aromatic carbocycles. The maximum Gasteiger partial charge on any atom is 0.309 e. The van der Waals surface area contributed by atoms with Gasteiger partial charge in [0.05, 0.1) is 19.6 Å². The quantitative estimate of drug-likeness (QED) is 0.239. The molecule has 3 atom stereocenters. The molecule has 0 radical (unpaired) electrons. The molecule has 186 valence electrons. The summed E-state index contributed by atoms with van der Waals surface area (Å²) in [6, 6.07) is 11.5. The van der Waals surface area contributed by atoms with E-state index in [1.807, 2.05) is 37.3 Å². The lowest BCUT2D eigenvalue weighted by molar-refractivity contribution is -0.156. The number of aromatic nitrogens is 1. The predicted molar refractivity (Wildman–Crippen MR) is 130 cm³/mol. The monoisotopic (exact) mass is 471 g/mol. The number of Topliss-reactive ketones (excluding diaryl/α,β-unsaturated/α-hetero) is 1. The number of hydrogen-bond donors (Lipinski definition) is 1. The molecule has 0 fully saturated rings. The van der Waals surface area contributed by atoms with E-state index < -0.39 is 23.8 Å². The van der Waals surface area contributed by atoms with Crippen LogP contribution in [-0.2, 0) is 20.7 Å². The van der Waals surface area contributed by atoms with Crippen LogP contribution in [0.25, 0.3) is 0 Å². The maximum atomic E-state index is 12.8. The normalized spacial score (nSPS) is 13.8. The van der Waals surface area contributed by atoms with Gasteiger partial charge >= 0.3 is 5.97 Å². The van der Waals surface area contributed by atoms with Gasteiger partial charge in [0, 0.05) is 31.2 Å². The molecule has 2 aromatic rings. The second kappa shape index (κ2) is 13.7. The molecule has 0 spiro atoms. The van der Waals surface area contributed by atoms with Gasteiger partial charge in [0.25, 0.3) is 0 Å².